The van der Waals surface area contributed by atoms with Gasteiger partial charge >= 0.3 is 0 Å². The molecule has 1 aliphatic carbocycles. The highest BCUT2D eigenvalue weighted by Gasteiger charge is 1.99. The molecule has 0 nitrogen and oxygen atoms in total. The van der Waals surface area contributed by atoms with Gasteiger partial charge in [0.25, 0.3) is 0 Å². The van der Waals surface area contributed by atoms with Crippen LogP contribution in [0.4, 0.5) is 0 Å². The molecule has 0 amide bonds. The first-order chi connectivity index (χ1) is 8.95. The summed E-state index contributed by atoms with van der Waals surface area (Å²) in [7, 11) is 3.67. The molecule has 0 atom stereocenters. The highest BCUT2D eigenvalue weighted by atomic mass is 33.1. The number of rotatable bonds is 3. The molecule has 0 aromatic heterocycles. The van der Waals surface area contributed by atoms with Gasteiger partial charge in [-0.25, -0.2) is 0 Å². The van der Waals surface area contributed by atoms with Crippen molar-refractivity contribution in [3.63, 3.8) is 0 Å². The van der Waals surface area contributed by atoms with Gasteiger partial charge in [0, 0.05) is 9.80 Å². The fourth-order valence-electron chi connectivity index (χ4n) is 1.22. The number of hydrogen-bond acceptors (Lipinski definition) is 2. The first-order valence-electron chi connectivity index (χ1n) is 6.71. The molecule has 1 aromatic rings. The Kier molecular flexibility index (Phi) is 12.4. The zero-order chi connectivity index (χ0) is 13.6. The third-order valence-electron chi connectivity index (χ3n) is 1.94. The molecule has 2 heteroatoms. The maximum atomic E-state index is 2.31. The van der Waals surface area contributed by atoms with Gasteiger partial charge in [-0.05, 0) is 25.0 Å². The van der Waals surface area contributed by atoms with Crippen LogP contribution < -0.4 is 0 Å². The third-order valence-corrected chi connectivity index (χ3v) is 4.39. The number of hydrogen-bond donors (Lipinski definition) is 0. The highest BCUT2D eigenvalue weighted by Crippen LogP contribution is 2.38. The van der Waals surface area contributed by atoms with E-state index in [0.717, 1.165) is 0 Å². The summed E-state index contributed by atoms with van der Waals surface area (Å²) in [6.07, 6.45) is 9.15. The number of allylic oxidation sites excluding steroid dienone is 3. The van der Waals surface area contributed by atoms with E-state index in [4.69, 9.17) is 0 Å². The summed E-state index contributed by atoms with van der Waals surface area (Å²) < 4.78 is 0. The van der Waals surface area contributed by atoms with Crippen LogP contribution in [0.25, 0.3) is 0 Å². The third kappa shape index (κ3) is 7.67. The molecule has 0 saturated carbocycles. The summed E-state index contributed by atoms with van der Waals surface area (Å²) >= 11 is 0. The fraction of sp³-hybridized carbons (Fsp3) is 0.375. The van der Waals surface area contributed by atoms with E-state index in [1.165, 1.54) is 22.6 Å². The topological polar surface area (TPSA) is 0 Å². The summed E-state index contributed by atoms with van der Waals surface area (Å²) in [6, 6.07) is 10.5. The van der Waals surface area contributed by atoms with Crippen molar-refractivity contribution in [1.82, 2.24) is 0 Å². The van der Waals surface area contributed by atoms with E-state index in [1.54, 1.807) is 0 Å². The van der Waals surface area contributed by atoms with Crippen molar-refractivity contribution in [3.8, 4) is 0 Å². The van der Waals surface area contributed by atoms with Crippen LogP contribution in [-0.4, -0.2) is 0 Å². The summed E-state index contributed by atoms with van der Waals surface area (Å²) in [6.45, 7) is 8.00. The van der Waals surface area contributed by atoms with Crippen molar-refractivity contribution < 1.29 is 0 Å². The molecule has 0 heterocycles. The van der Waals surface area contributed by atoms with Crippen molar-refractivity contribution in [2.24, 2.45) is 0 Å². The lowest BCUT2D eigenvalue weighted by Gasteiger charge is -2.05. The molecule has 1 aromatic carbocycles. The first kappa shape index (κ1) is 17.4. The van der Waals surface area contributed by atoms with Crippen LogP contribution in [0.2, 0.25) is 0 Å². The molecular weight excluding hydrogens is 256 g/mol. The maximum Gasteiger partial charge on any atom is 0.0186 e. The van der Waals surface area contributed by atoms with Gasteiger partial charge in [-0.3, -0.25) is 0 Å². The van der Waals surface area contributed by atoms with Gasteiger partial charge in [-0.15, -0.1) is 0 Å². The Morgan fingerprint density at radius 2 is 1.50 bits per heavy atom. The second kappa shape index (κ2) is 12.8. The van der Waals surface area contributed by atoms with Crippen LogP contribution in [0.1, 0.15) is 40.5 Å². The molecule has 0 aliphatic heterocycles. The molecule has 0 saturated heterocycles. The van der Waals surface area contributed by atoms with E-state index < -0.39 is 0 Å². The molecule has 100 valence electrons. The van der Waals surface area contributed by atoms with Crippen LogP contribution in [-0.2, 0) is 0 Å². The summed E-state index contributed by atoms with van der Waals surface area (Å²) in [5.74, 6) is 0. The Labute approximate surface area is 120 Å². The second-order valence-electron chi connectivity index (χ2n) is 3.07. The van der Waals surface area contributed by atoms with Gasteiger partial charge in [-0.2, -0.15) is 0 Å². The fourth-order valence-corrected chi connectivity index (χ4v) is 3.30. The quantitative estimate of drug-likeness (QED) is 0.564. The predicted octanol–water partition coefficient (Wildman–Crippen LogP) is 6.71. The highest BCUT2D eigenvalue weighted by molar-refractivity contribution is 8.78. The van der Waals surface area contributed by atoms with Gasteiger partial charge in [0.2, 0.25) is 0 Å². The van der Waals surface area contributed by atoms with Gasteiger partial charge in [0.1, 0.15) is 0 Å². The smallest absolute Gasteiger partial charge is 0.0186 e. The zero-order valence-corrected chi connectivity index (χ0v) is 13.5. The molecule has 0 N–H and O–H groups in total. The molecule has 0 radical (unpaired) electrons. The van der Waals surface area contributed by atoms with Crippen molar-refractivity contribution in [2.75, 3.05) is 0 Å². The predicted molar refractivity (Wildman–Crippen MR) is 89.0 cm³/mol. The van der Waals surface area contributed by atoms with Gasteiger partial charge < -0.3 is 0 Å². The van der Waals surface area contributed by atoms with E-state index in [0.29, 0.717) is 0 Å². The molecule has 0 unspecified atom stereocenters. The first-order valence-corrected chi connectivity index (χ1v) is 8.86. The molecule has 0 spiro atoms. The largest absolute Gasteiger partial charge is 0.0831 e. The average molecular weight is 281 g/mol. The van der Waals surface area contributed by atoms with E-state index in [2.05, 4.69) is 48.6 Å². The Hall–Kier alpha value is -0.600. The second-order valence-corrected chi connectivity index (χ2v) is 5.34. The molecule has 0 fully saturated rings. The minimum Gasteiger partial charge on any atom is -0.0831 e. The number of benzene rings is 1. The Morgan fingerprint density at radius 3 is 2.06 bits per heavy atom. The van der Waals surface area contributed by atoms with Crippen LogP contribution >= 0.6 is 21.6 Å². The SMILES string of the molecule is C1=CC(SSc2ccccc2)=CCC1.CC.CC. The van der Waals surface area contributed by atoms with Crippen molar-refractivity contribution >= 4 is 21.6 Å². The lowest BCUT2D eigenvalue weighted by Crippen LogP contribution is -1.77. The minimum absolute atomic E-state index is 1.19. The summed E-state index contributed by atoms with van der Waals surface area (Å²) in [5.41, 5.74) is 0. The Bertz CT molecular complexity index is 339. The van der Waals surface area contributed by atoms with Crippen molar-refractivity contribution in [2.45, 2.75) is 45.4 Å². The molecule has 18 heavy (non-hydrogen) atoms. The van der Waals surface area contributed by atoms with Crippen LogP contribution in [0, 0.1) is 0 Å². The molecule has 2 rings (SSSR count). The summed E-state index contributed by atoms with van der Waals surface area (Å²) in [4.78, 5) is 2.70. The van der Waals surface area contributed by atoms with E-state index in [-0.39, 0.29) is 0 Å². The van der Waals surface area contributed by atoms with Crippen LogP contribution in [0.5, 0.6) is 0 Å². The summed E-state index contributed by atoms with van der Waals surface area (Å²) in [5, 5.41) is 0. The monoisotopic (exact) mass is 280 g/mol. The van der Waals surface area contributed by atoms with E-state index in [9.17, 15) is 0 Å². The van der Waals surface area contributed by atoms with E-state index in [1.807, 2.05) is 49.3 Å². The van der Waals surface area contributed by atoms with Gasteiger partial charge in [-0.1, -0.05) is 85.7 Å². The lowest BCUT2D eigenvalue weighted by molar-refractivity contribution is 1.03. The molecule has 0 bridgehead atoms. The molecule has 1 aliphatic rings. The lowest BCUT2D eigenvalue weighted by atomic mass is 10.2. The average Bonchev–Trinajstić information content (AvgIpc) is 2.51. The Balaban J connectivity index is 0.000000659. The maximum absolute atomic E-state index is 2.31. The minimum atomic E-state index is 1.19. The van der Waals surface area contributed by atoms with Crippen LogP contribution in [0.3, 0.4) is 0 Å². The van der Waals surface area contributed by atoms with Crippen LogP contribution in [0.15, 0.2) is 58.4 Å². The van der Waals surface area contributed by atoms with Crippen molar-refractivity contribution in [3.05, 3.63) is 53.5 Å². The molecular formula is C16H24S2. The standard InChI is InChI=1S/C12H12S2.2C2H6/c1-3-7-11(8-4-1)13-14-12-9-5-2-6-10-12;2*1-2/h1,3-5,7-10H,2,6H2;2*1-2H3. The van der Waals surface area contributed by atoms with Gasteiger partial charge in [0.05, 0.1) is 0 Å². The normalized spacial score (nSPS) is 12.6. The van der Waals surface area contributed by atoms with E-state index >= 15 is 0 Å². The Morgan fingerprint density at radius 1 is 0.833 bits per heavy atom. The zero-order valence-electron chi connectivity index (χ0n) is 11.8. The van der Waals surface area contributed by atoms with Gasteiger partial charge in [0.15, 0.2) is 0 Å². The van der Waals surface area contributed by atoms with Crippen molar-refractivity contribution in [1.29, 1.82) is 0 Å².